The van der Waals surface area contributed by atoms with Crippen molar-refractivity contribution >= 4 is 20.8 Å². The van der Waals surface area contributed by atoms with Crippen molar-refractivity contribution in [2.45, 2.75) is 5.92 Å². The topological polar surface area (TPSA) is 133 Å². The molecule has 1 aromatic carbocycles. The minimum absolute atomic E-state index is 0. The Morgan fingerprint density at radius 3 is 1.57 bits per heavy atom. The zero-order chi connectivity index (χ0) is 14.5. The Morgan fingerprint density at radius 2 is 1.24 bits per heavy atom. The van der Waals surface area contributed by atoms with Gasteiger partial charge in [-0.3, -0.25) is 8.37 Å². The second kappa shape index (κ2) is 10.7. The maximum absolute atomic E-state index is 10.4. The fourth-order valence-electron chi connectivity index (χ4n) is 1.30. The van der Waals surface area contributed by atoms with E-state index >= 15 is 0 Å². The molecule has 0 atom stereocenters. The van der Waals surface area contributed by atoms with Crippen LogP contribution in [-0.4, -0.2) is 39.2 Å². The molecule has 0 aliphatic rings. The Morgan fingerprint density at radius 1 is 0.857 bits per heavy atom. The molecular formula is C9H10Na2O8S2. The first-order valence-electron chi connectivity index (χ1n) is 4.93. The SMILES string of the molecule is O=S(=O)([O-])OCC(COS(=O)(=O)[O-])c1ccccc1.[Na+].[Na+]. The van der Waals surface area contributed by atoms with Crippen LogP contribution in [0.3, 0.4) is 0 Å². The van der Waals surface area contributed by atoms with E-state index in [9.17, 15) is 25.9 Å². The fraction of sp³-hybridized carbons (Fsp3) is 0.333. The van der Waals surface area contributed by atoms with E-state index in [2.05, 4.69) is 8.37 Å². The van der Waals surface area contributed by atoms with Gasteiger partial charge in [-0.1, -0.05) is 30.3 Å². The monoisotopic (exact) mass is 356 g/mol. The van der Waals surface area contributed by atoms with Gasteiger partial charge in [0, 0.05) is 5.92 Å². The molecule has 0 amide bonds. The molecule has 108 valence electrons. The van der Waals surface area contributed by atoms with Crippen LogP contribution in [0.15, 0.2) is 30.3 Å². The summed E-state index contributed by atoms with van der Waals surface area (Å²) in [5.41, 5.74) is 0.467. The summed E-state index contributed by atoms with van der Waals surface area (Å²) in [5.74, 6) is -0.881. The van der Waals surface area contributed by atoms with Crippen LogP contribution in [0.25, 0.3) is 0 Å². The van der Waals surface area contributed by atoms with E-state index in [0.717, 1.165) is 0 Å². The smallest absolute Gasteiger partial charge is 0.726 e. The van der Waals surface area contributed by atoms with Crippen LogP contribution < -0.4 is 59.1 Å². The zero-order valence-electron chi connectivity index (χ0n) is 11.5. The predicted octanol–water partition coefficient (Wildman–Crippen LogP) is -6.27. The van der Waals surface area contributed by atoms with Crippen LogP contribution in [0.2, 0.25) is 0 Å². The van der Waals surface area contributed by atoms with Gasteiger partial charge in [0.15, 0.2) is 0 Å². The van der Waals surface area contributed by atoms with Crippen LogP contribution in [0.5, 0.6) is 0 Å². The van der Waals surface area contributed by atoms with Gasteiger partial charge in [0.1, 0.15) is 0 Å². The molecule has 1 rings (SSSR count). The van der Waals surface area contributed by atoms with E-state index in [4.69, 9.17) is 0 Å². The Labute approximate surface area is 167 Å². The molecule has 0 aromatic heterocycles. The van der Waals surface area contributed by atoms with Crippen molar-refractivity contribution in [3.05, 3.63) is 35.9 Å². The molecule has 21 heavy (non-hydrogen) atoms. The first kappa shape index (κ1) is 24.2. The minimum atomic E-state index is -4.91. The Hall–Kier alpha value is 0.960. The first-order chi connectivity index (χ1) is 8.67. The third-order valence-corrected chi connectivity index (χ3v) is 2.95. The number of benzene rings is 1. The molecule has 0 unspecified atom stereocenters. The summed E-state index contributed by atoms with van der Waals surface area (Å²) in [6.45, 7) is -1.24. The van der Waals surface area contributed by atoms with Crippen molar-refractivity contribution in [3.8, 4) is 0 Å². The number of rotatable bonds is 7. The quantitative estimate of drug-likeness (QED) is 0.268. The van der Waals surface area contributed by atoms with Gasteiger partial charge in [0.05, 0.1) is 13.2 Å². The Balaban J connectivity index is 0. The van der Waals surface area contributed by atoms with Gasteiger partial charge in [-0.2, -0.15) is 0 Å². The van der Waals surface area contributed by atoms with Crippen molar-refractivity contribution < 1.29 is 93.4 Å². The van der Waals surface area contributed by atoms with Crippen LogP contribution in [0, 0.1) is 0 Å². The summed E-state index contributed by atoms with van der Waals surface area (Å²) in [6, 6.07) is 7.99. The van der Waals surface area contributed by atoms with E-state index in [1.165, 1.54) is 0 Å². The summed E-state index contributed by atoms with van der Waals surface area (Å²) in [7, 11) is -9.83. The average Bonchev–Trinajstić information content (AvgIpc) is 2.27. The molecule has 0 aliphatic heterocycles. The summed E-state index contributed by atoms with van der Waals surface area (Å²) < 4.78 is 70.3. The van der Waals surface area contributed by atoms with Crippen molar-refractivity contribution in [1.82, 2.24) is 0 Å². The normalized spacial score (nSPS) is 11.6. The van der Waals surface area contributed by atoms with Crippen molar-refractivity contribution in [3.63, 3.8) is 0 Å². The largest absolute Gasteiger partial charge is 1.00 e. The van der Waals surface area contributed by atoms with Gasteiger partial charge < -0.3 is 9.11 Å². The van der Waals surface area contributed by atoms with E-state index < -0.39 is 39.9 Å². The zero-order valence-corrected chi connectivity index (χ0v) is 17.1. The third kappa shape index (κ3) is 12.1. The Kier molecular flexibility index (Phi) is 12.3. The fourth-order valence-corrected chi connectivity index (χ4v) is 1.96. The summed E-state index contributed by atoms with van der Waals surface area (Å²) in [6.07, 6.45) is 0. The standard InChI is InChI=1S/C9H12O8S2.2Na/c10-18(11,12)16-6-9(7-17-19(13,14)15)8-4-2-1-3-5-8;;/h1-5,9H,6-7H2,(H,10,11,12)(H,13,14,15);;/q;2*+1/p-2. The summed E-state index contributed by atoms with van der Waals surface area (Å²) in [5, 5.41) is 0. The van der Waals surface area contributed by atoms with Gasteiger partial charge in [0.2, 0.25) is 20.8 Å². The number of hydrogen-bond donors (Lipinski definition) is 0. The molecule has 12 heteroatoms. The predicted molar refractivity (Wildman–Crippen MR) is 60.5 cm³/mol. The molecule has 0 aliphatic carbocycles. The van der Waals surface area contributed by atoms with Crippen molar-refractivity contribution in [2.75, 3.05) is 13.2 Å². The van der Waals surface area contributed by atoms with E-state index in [-0.39, 0.29) is 59.1 Å². The molecule has 0 saturated heterocycles. The Bertz CT molecular complexity index is 566. The molecule has 0 N–H and O–H groups in total. The van der Waals surface area contributed by atoms with Gasteiger partial charge in [0.25, 0.3) is 0 Å². The summed E-state index contributed by atoms with van der Waals surface area (Å²) in [4.78, 5) is 0. The number of hydrogen-bond acceptors (Lipinski definition) is 8. The molecule has 0 heterocycles. The van der Waals surface area contributed by atoms with Crippen LogP contribution >= 0.6 is 0 Å². The maximum Gasteiger partial charge on any atom is 1.00 e. The second-order valence-corrected chi connectivity index (χ2v) is 5.60. The molecule has 0 radical (unpaired) electrons. The molecule has 8 nitrogen and oxygen atoms in total. The van der Waals surface area contributed by atoms with Gasteiger partial charge in [-0.25, -0.2) is 16.8 Å². The van der Waals surface area contributed by atoms with Crippen molar-refractivity contribution in [2.24, 2.45) is 0 Å². The molecule has 0 saturated carbocycles. The minimum Gasteiger partial charge on any atom is -0.726 e. The maximum atomic E-state index is 10.4. The molecule has 1 aromatic rings. The first-order valence-corrected chi connectivity index (χ1v) is 7.59. The molecule has 0 bridgehead atoms. The van der Waals surface area contributed by atoms with E-state index in [1.807, 2.05) is 0 Å². The molecule has 0 fully saturated rings. The summed E-state index contributed by atoms with van der Waals surface area (Å²) >= 11 is 0. The van der Waals surface area contributed by atoms with E-state index in [0.29, 0.717) is 5.56 Å². The van der Waals surface area contributed by atoms with Gasteiger partial charge >= 0.3 is 59.1 Å². The molecule has 0 spiro atoms. The van der Waals surface area contributed by atoms with Crippen LogP contribution in [0.4, 0.5) is 0 Å². The molecular weight excluding hydrogens is 346 g/mol. The van der Waals surface area contributed by atoms with Crippen molar-refractivity contribution in [1.29, 1.82) is 0 Å². The van der Waals surface area contributed by atoms with E-state index in [1.54, 1.807) is 30.3 Å². The average molecular weight is 356 g/mol. The van der Waals surface area contributed by atoms with Crippen LogP contribution in [-0.2, 0) is 29.2 Å². The second-order valence-electron chi connectivity index (χ2n) is 3.49. The third-order valence-electron chi connectivity index (χ3n) is 2.10. The van der Waals surface area contributed by atoms with Crippen LogP contribution in [0.1, 0.15) is 11.5 Å². The van der Waals surface area contributed by atoms with Gasteiger partial charge in [-0.15, -0.1) is 0 Å². The van der Waals surface area contributed by atoms with Gasteiger partial charge in [-0.05, 0) is 5.56 Å².